The molecule has 1 saturated carbocycles. The molecule has 2 heterocycles. The Labute approximate surface area is 172 Å². The molecule has 3 aromatic rings. The van der Waals surface area contributed by atoms with E-state index in [0.29, 0.717) is 21.3 Å². The van der Waals surface area contributed by atoms with Gasteiger partial charge in [0.1, 0.15) is 4.83 Å². The first-order valence-electron chi connectivity index (χ1n) is 9.61. The van der Waals surface area contributed by atoms with E-state index in [2.05, 4.69) is 17.2 Å². The van der Waals surface area contributed by atoms with Crippen molar-refractivity contribution in [3.05, 3.63) is 52.1 Å². The molecule has 4 rings (SSSR count). The Morgan fingerprint density at radius 3 is 2.82 bits per heavy atom. The molecule has 0 saturated heterocycles. The number of thiophene rings is 1. The van der Waals surface area contributed by atoms with Crippen molar-refractivity contribution in [3.63, 3.8) is 0 Å². The molecule has 0 aliphatic heterocycles. The van der Waals surface area contributed by atoms with Crippen LogP contribution in [0.1, 0.15) is 32.6 Å². The number of carbonyl (C=O) groups excluding carboxylic acids is 1. The first kappa shape index (κ1) is 19.2. The van der Waals surface area contributed by atoms with Crippen LogP contribution in [0.5, 0.6) is 0 Å². The number of hydrogen-bond acceptors (Lipinski definition) is 5. The standard InChI is InChI=1S/C21H23N3O2S2/c1-14-7-5-6-10-17(14)22-18(25)13-28-21-23-19-16(11-12-27-19)20(26)24(21)15-8-3-2-4-9-15/h2-4,8-9,11-12,14,17H,5-7,10,13H2,1H3,(H,22,25)/t14-,17-/m0/s1. The minimum Gasteiger partial charge on any atom is -0.352 e. The number of nitrogens with one attached hydrogen (secondary N) is 1. The van der Waals surface area contributed by atoms with E-state index in [1.807, 2.05) is 35.7 Å². The summed E-state index contributed by atoms with van der Waals surface area (Å²) in [7, 11) is 0. The van der Waals surface area contributed by atoms with Crippen molar-refractivity contribution in [1.82, 2.24) is 14.9 Å². The van der Waals surface area contributed by atoms with Crippen molar-refractivity contribution in [3.8, 4) is 5.69 Å². The van der Waals surface area contributed by atoms with Gasteiger partial charge in [-0.25, -0.2) is 4.98 Å². The lowest BCUT2D eigenvalue weighted by Crippen LogP contribution is -2.41. The molecule has 2 aromatic heterocycles. The van der Waals surface area contributed by atoms with Gasteiger partial charge in [0.25, 0.3) is 5.56 Å². The number of carbonyl (C=O) groups is 1. The molecule has 1 aliphatic carbocycles. The summed E-state index contributed by atoms with van der Waals surface area (Å²) in [5.41, 5.74) is 0.665. The van der Waals surface area contributed by atoms with E-state index in [0.717, 1.165) is 12.1 Å². The van der Waals surface area contributed by atoms with Crippen LogP contribution in [0.15, 0.2) is 51.7 Å². The van der Waals surface area contributed by atoms with E-state index >= 15 is 0 Å². The maximum absolute atomic E-state index is 13.0. The summed E-state index contributed by atoms with van der Waals surface area (Å²) in [5, 5.41) is 6.21. The van der Waals surface area contributed by atoms with E-state index in [1.165, 1.54) is 42.4 Å². The van der Waals surface area contributed by atoms with Crippen LogP contribution in [0.3, 0.4) is 0 Å². The number of fused-ring (bicyclic) bond motifs is 1. The van der Waals surface area contributed by atoms with Crippen LogP contribution in [0.4, 0.5) is 0 Å². The molecule has 5 nitrogen and oxygen atoms in total. The molecule has 1 aromatic carbocycles. The average Bonchev–Trinajstić information content (AvgIpc) is 3.18. The third kappa shape index (κ3) is 4.00. The van der Waals surface area contributed by atoms with Gasteiger partial charge < -0.3 is 5.32 Å². The summed E-state index contributed by atoms with van der Waals surface area (Å²) < 4.78 is 1.61. The third-order valence-electron chi connectivity index (χ3n) is 5.27. The molecule has 0 radical (unpaired) electrons. The molecule has 2 atom stereocenters. The predicted molar refractivity (Wildman–Crippen MR) is 116 cm³/mol. The number of rotatable bonds is 5. The van der Waals surface area contributed by atoms with Crippen LogP contribution in [-0.2, 0) is 4.79 Å². The number of thioether (sulfide) groups is 1. The fraction of sp³-hybridized carbons (Fsp3) is 0.381. The first-order chi connectivity index (χ1) is 13.6. The van der Waals surface area contributed by atoms with Crippen molar-refractivity contribution >= 4 is 39.2 Å². The summed E-state index contributed by atoms with van der Waals surface area (Å²) in [6.45, 7) is 2.20. The van der Waals surface area contributed by atoms with E-state index in [-0.39, 0.29) is 23.3 Å². The number of para-hydroxylation sites is 1. The van der Waals surface area contributed by atoms with Gasteiger partial charge >= 0.3 is 0 Å². The van der Waals surface area contributed by atoms with Crippen LogP contribution in [0, 0.1) is 5.92 Å². The zero-order valence-corrected chi connectivity index (χ0v) is 17.4. The highest BCUT2D eigenvalue weighted by Crippen LogP contribution is 2.25. The van der Waals surface area contributed by atoms with E-state index < -0.39 is 0 Å². The summed E-state index contributed by atoms with van der Waals surface area (Å²) >= 11 is 2.76. The zero-order valence-electron chi connectivity index (χ0n) is 15.8. The Hall–Kier alpha value is -2.12. The maximum atomic E-state index is 13.0. The highest BCUT2D eigenvalue weighted by molar-refractivity contribution is 7.99. The molecule has 1 fully saturated rings. The van der Waals surface area contributed by atoms with Crippen molar-refractivity contribution in [1.29, 1.82) is 0 Å². The van der Waals surface area contributed by atoms with Crippen molar-refractivity contribution in [2.45, 2.75) is 43.8 Å². The minimum absolute atomic E-state index is 0.00360. The number of hydrogen-bond donors (Lipinski definition) is 1. The Kier molecular flexibility index (Phi) is 5.82. The van der Waals surface area contributed by atoms with Crippen LogP contribution in [-0.4, -0.2) is 27.3 Å². The molecule has 1 amide bonds. The fourth-order valence-corrected chi connectivity index (χ4v) is 5.33. The quantitative estimate of drug-likeness (QED) is 0.502. The summed E-state index contributed by atoms with van der Waals surface area (Å²) in [4.78, 5) is 30.9. The Balaban J connectivity index is 1.58. The lowest BCUT2D eigenvalue weighted by molar-refractivity contribution is -0.119. The second-order valence-electron chi connectivity index (χ2n) is 7.23. The molecule has 1 N–H and O–H groups in total. The predicted octanol–water partition coefficient (Wildman–Crippen LogP) is 4.23. The van der Waals surface area contributed by atoms with Crippen LogP contribution < -0.4 is 10.9 Å². The topological polar surface area (TPSA) is 64.0 Å². The van der Waals surface area contributed by atoms with E-state index in [4.69, 9.17) is 0 Å². The molecule has 0 spiro atoms. The Morgan fingerprint density at radius 1 is 1.25 bits per heavy atom. The Morgan fingerprint density at radius 2 is 2.04 bits per heavy atom. The van der Waals surface area contributed by atoms with Gasteiger partial charge in [0, 0.05) is 6.04 Å². The van der Waals surface area contributed by atoms with Gasteiger partial charge in [-0.3, -0.25) is 14.2 Å². The summed E-state index contributed by atoms with van der Waals surface area (Å²) in [5.74, 6) is 0.772. The molecular formula is C21H23N3O2S2. The monoisotopic (exact) mass is 413 g/mol. The molecule has 0 bridgehead atoms. The zero-order chi connectivity index (χ0) is 19.5. The molecule has 146 valence electrons. The number of aromatic nitrogens is 2. The van der Waals surface area contributed by atoms with Gasteiger partial charge in [-0.15, -0.1) is 11.3 Å². The molecular weight excluding hydrogens is 390 g/mol. The largest absolute Gasteiger partial charge is 0.352 e. The smallest absolute Gasteiger partial charge is 0.267 e. The highest BCUT2D eigenvalue weighted by atomic mass is 32.2. The maximum Gasteiger partial charge on any atom is 0.267 e. The van der Waals surface area contributed by atoms with Crippen LogP contribution in [0.2, 0.25) is 0 Å². The van der Waals surface area contributed by atoms with Crippen LogP contribution in [0.25, 0.3) is 15.9 Å². The third-order valence-corrected chi connectivity index (χ3v) is 7.02. The number of nitrogens with zero attached hydrogens (tertiary/aromatic N) is 2. The normalized spacial score (nSPS) is 19.6. The van der Waals surface area contributed by atoms with Gasteiger partial charge in [0.2, 0.25) is 5.91 Å². The molecule has 28 heavy (non-hydrogen) atoms. The van der Waals surface area contributed by atoms with Gasteiger partial charge in [0.05, 0.1) is 16.8 Å². The SMILES string of the molecule is C[C@H]1CCCC[C@@H]1NC(=O)CSc1nc2sccc2c(=O)n1-c1ccccc1. The van der Waals surface area contributed by atoms with E-state index in [9.17, 15) is 9.59 Å². The summed E-state index contributed by atoms with van der Waals surface area (Å²) in [6.07, 6.45) is 4.64. The average molecular weight is 414 g/mol. The molecule has 0 unspecified atom stereocenters. The second-order valence-corrected chi connectivity index (χ2v) is 9.07. The summed E-state index contributed by atoms with van der Waals surface area (Å²) in [6, 6.07) is 11.5. The number of amides is 1. The lowest BCUT2D eigenvalue weighted by atomic mass is 9.86. The van der Waals surface area contributed by atoms with Crippen molar-refractivity contribution < 1.29 is 4.79 Å². The number of benzene rings is 1. The highest BCUT2D eigenvalue weighted by Gasteiger charge is 2.23. The van der Waals surface area contributed by atoms with Crippen molar-refractivity contribution in [2.75, 3.05) is 5.75 Å². The minimum atomic E-state index is -0.0961. The second kappa shape index (κ2) is 8.49. The Bertz CT molecular complexity index is 1030. The van der Waals surface area contributed by atoms with Gasteiger partial charge in [-0.1, -0.05) is 49.7 Å². The van der Waals surface area contributed by atoms with Crippen molar-refractivity contribution in [2.24, 2.45) is 5.92 Å². The van der Waals surface area contributed by atoms with Gasteiger partial charge in [0.15, 0.2) is 5.16 Å². The van der Waals surface area contributed by atoms with Gasteiger partial charge in [-0.2, -0.15) is 0 Å². The van der Waals surface area contributed by atoms with Crippen LogP contribution >= 0.6 is 23.1 Å². The molecule has 7 heteroatoms. The lowest BCUT2D eigenvalue weighted by Gasteiger charge is -2.29. The van der Waals surface area contributed by atoms with Gasteiger partial charge in [-0.05, 0) is 42.3 Å². The molecule has 1 aliphatic rings. The fourth-order valence-electron chi connectivity index (χ4n) is 3.71. The van der Waals surface area contributed by atoms with E-state index in [1.54, 1.807) is 10.6 Å². The first-order valence-corrected chi connectivity index (χ1v) is 11.5.